The van der Waals surface area contributed by atoms with Crippen LogP contribution in [0.1, 0.15) is 86.1 Å². The molecule has 0 saturated carbocycles. The standard InChI is InChI=1S/C33H36O/c1-3-4-5-6-7-8-9-10-27-34-33-25-23-32(24-26-33)22-21-31-19-17-30(18-20-31)16-15-29-13-11-28(2)12-14-29/h11-14,17-20,23-26H,3-10,27H2,1-2H3. The summed E-state index contributed by atoms with van der Waals surface area (Å²) in [6.45, 7) is 5.14. The van der Waals surface area contributed by atoms with Gasteiger partial charge in [-0.1, -0.05) is 93.2 Å². The number of unbranched alkanes of at least 4 members (excludes halogenated alkanes) is 7. The Hall–Kier alpha value is -3.42. The third kappa shape index (κ3) is 9.60. The van der Waals surface area contributed by atoms with Crippen LogP contribution in [0.4, 0.5) is 0 Å². The van der Waals surface area contributed by atoms with E-state index in [-0.39, 0.29) is 0 Å². The minimum atomic E-state index is 0.791. The lowest BCUT2D eigenvalue weighted by Gasteiger charge is -2.06. The second kappa shape index (κ2) is 14.7. The van der Waals surface area contributed by atoms with Crippen LogP contribution in [-0.2, 0) is 0 Å². The molecule has 0 spiro atoms. The van der Waals surface area contributed by atoms with Crippen molar-refractivity contribution in [1.82, 2.24) is 0 Å². The Kier molecular flexibility index (Phi) is 10.9. The Labute approximate surface area is 206 Å². The summed E-state index contributed by atoms with van der Waals surface area (Å²) >= 11 is 0. The van der Waals surface area contributed by atoms with Crippen molar-refractivity contribution in [2.75, 3.05) is 6.61 Å². The molecule has 3 aromatic carbocycles. The highest BCUT2D eigenvalue weighted by Gasteiger charge is 1.96. The summed E-state index contributed by atoms with van der Waals surface area (Å²) in [7, 11) is 0. The van der Waals surface area contributed by atoms with E-state index in [9.17, 15) is 0 Å². The number of hydrogen-bond donors (Lipinski definition) is 0. The Bertz CT molecular complexity index is 1100. The molecule has 0 radical (unpaired) electrons. The van der Waals surface area contributed by atoms with E-state index in [4.69, 9.17) is 4.74 Å². The van der Waals surface area contributed by atoms with Crippen LogP contribution < -0.4 is 4.74 Å². The van der Waals surface area contributed by atoms with E-state index >= 15 is 0 Å². The van der Waals surface area contributed by atoms with Gasteiger partial charge >= 0.3 is 0 Å². The molecule has 0 atom stereocenters. The Morgan fingerprint density at radius 1 is 0.500 bits per heavy atom. The summed E-state index contributed by atoms with van der Waals surface area (Å²) in [5.74, 6) is 13.8. The van der Waals surface area contributed by atoms with Gasteiger partial charge in [0.1, 0.15) is 5.75 Å². The smallest absolute Gasteiger partial charge is 0.119 e. The highest BCUT2D eigenvalue weighted by atomic mass is 16.5. The van der Waals surface area contributed by atoms with Gasteiger partial charge in [0.15, 0.2) is 0 Å². The van der Waals surface area contributed by atoms with E-state index in [1.54, 1.807) is 0 Å². The molecule has 0 bridgehead atoms. The van der Waals surface area contributed by atoms with E-state index in [0.717, 1.165) is 41.0 Å². The van der Waals surface area contributed by atoms with Crippen LogP contribution in [0.2, 0.25) is 0 Å². The van der Waals surface area contributed by atoms with Crippen molar-refractivity contribution in [2.45, 2.75) is 65.2 Å². The third-order valence-electron chi connectivity index (χ3n) is 5.76. The van der Waals surface area contributed by atoms with Crippen LogP contribution in [-0.4, -0.2) is 6.61 Å². The van der Waals surface area contributed by atoms with E-state index in [0.29, 0.717) is 0 Å². The predicted molar refractivity (Wildman–Crippen MR) is 144 cm³/mol. The molecule has 174 valence electrons. The van der Waals surface area contributed by atoms with Crippen LogP contribution in [0.5, 0.6) is 5.75 Å². The van der Waals surface area contributed by atoms with Gasteiger partial charge in [0.2, 0.25) is 0 Å². The van der Waals surface area contributed by atoms with Crippen molar-refractivity contribution < 1.29 is 4.74 Å². The second-order valence-electron chi connectivity index (χ2n) is 8.79. The summed E-state index contributed by atoms with van der Waals surface area (Å²) in [6.07, 6.45) is 10.5. The maximum Gasteiger partial charge on any atom is 0.119 e. The zero-order valence-corrected chi connectivity index (χ0v) is 20.7. The Balaban J connectivity index is 1.40. The zero-order chi connectivity index (χ0) is 23.8. The van der Waals surface area contributed by atoms with Gasteiger partial charge in [-0.25, -0.2) is 0 Å². The van der Waals surface area contributed by atoms with Crippen molar-refractivity contribution in [3.05, 3.63) is 101 Å². The lowest BCUT2D eigenvalue weighted by atomic mass is 10.1. The zero-order valence-electron chi connectivity index (χ0n) is 20.7. The fourth-order valence-electron chi connectivity index (χ4n) is 3.62. The molecule has 1 heteroatoms. The lowest BCUT2D eigenvalue weighted by Crippen LogP contribution is -1.97. The molecule has 0 aliphatic carbocycles. The van der Waals surface area contributed by atoms with E-state index < -0.39 is 0 Å². The Morgan fingerprint density at radius 2 is 0.882 bits per heavy atom. The van der Waals surface area contributed by atoms with Gasteiger partial charge in [-0.15, -0.1) is 0 Å². The average molecular weight is 449 g/mol. The van der Waals surface area contributed by atoms with Crippen molar-refractivity contribution in [3.8, 4) is 29.4 Å². The van der Waals surface area contributed by atoms with Crippen LogP contribution in [0, 0.1) is 30.6 Å². The van der Waals surface area contributed by atoms with Crippen LogP contribution in [0.15, 0.2) is 72.8 Å². The molecule has 0 unspecified atom stereocenters. The Morgan fingerprint density at radius 3 is 1.35 bits per heavy atom. The quantitative estimate of drug-likeness (QED) is 0.224. The first-order chi connectivity index (χ1) is 16.7. The molecule has 0 N–H and O–H groups in total. The summed E-state index contributed by atoms with van der Waals surface area (Å²) in [5.41, 5.74) is 5.23. The molecule has 34 heavy (non-hydrogen) atoms. The number of ether oxygens (including phenoxy) is 1. The predicted octanol–water partition coefficient (Wildman–Crippen LogP) is 8.31. The normalized spacial score (nSPS) is 10.1. The number of rotatable bonds is 10. The molecular weight excluding hydrogens is 412 g/mol. The first-order valence-corrected chi connectivity index (χ1v) is 12.7. The molecule has 1 nitrogen and oxygen atoms in total. The summed E-state index contributed by atoms with van der Waals surface area (Å²) in [5, 5.41) is 0. The molecule has 3 rings (SSSR count). The number of aryl methyl sites for hydroxylation is 1. The van der Waals surface area contributed by atoms with Gasteiger partial charge in [-0.2, -0.15) is 0 Å². The van der Waals surface area contributed by atoms with Crippen molar-refractivity contribution in [2.24, 2.45) is 0 Å². The molecule has 3 aromatic rings. The topological polar surface area (TPSA) is 9.23 Å². The van der Waals surface area contributed by atoms with Gasteiger partial charge < -0.3 is 4.74 Å². The molecule has 0 aliphatic heterocycles. The van der Waals surface area contributed by atoms with Gasteiger partial charge in [0.05, 0.1) is 6.61 Å². The highest BCUT2D eigenvalue weighted by Crippen LogP contribution is 2.14. The average Bonchev–Trinajstić information content (AvgIpc) is 2.87. The molecule has 0 fully saturated rings. The monoisotopic (exact) mass is 448 g/mol. The highest BCUT2D eigenvalue weighted by molar-refractivity contribution is 5.48. The minimum Gasteiger partial charge on any atom is -0.494 e. The molecular formula is C33H36O. The van der Waals surface area contributed by atoms with E-state index in [1.165, 1.54) is 50.5 Å². The summed E-state index contributed by atoms with van der Waals surface area (Å²) in [6, 6.07) is 24.4. The van der Waals surface area contributed by atoms with Crippen molar-refractivity contribution in [1.29, 1.82) is 0 Å². The minimum absolute atomic E-state index is 0.791. The van der Waals surface area contributed by atoms with Gasteiger partial charge in [-0.05, 0) is 74.0 Å². The van der Waals surface area contributed by atoms with Crippen LogP contribution in [0.25, 0.3) is 0 Å². The lowest BCUT2D eigenvalue weighted by molar-refractivity contribution is 0.304. The largest absolute Gasteiger partial charge is 0.494 e. The third-order valence-corrected chi connectivity index (χ3v) is 5.76. The van der Waals surface area contributed by atoms with E-state index in [1.807, 2.05) is 48.5 Å². The van der Waals surface area contributed by atoms with Crippen LogP contribution in [0.3, 0.4) is 0 Å². The van der Waals surface area contributed by atoms with Crippen molar-refractivity contribution in [3.63, 3.8) is 0 Å². The molecule has 0 amide bonds. The fraction of sp³-hybridized carbons (Fsp3) is 0.333. The number of hydrogen-bond acceptors (Lipinski definition) is 1. The maximum absolute atomic E-state index is 5.88. The molecule has 0 aliphatic rings. The molecule has 0 saturated heterocycles. The first-order valence-electron chi connectivity index (χ1n) is 12.7. The van der Waals surface area contributed by atoms with Gasteiger partial charge in [0.25, 0.3) is 0 Å². The summed E-state index contributed by atoms with van der Waals surface area (Å²) < 4.78 is 5.88. The maximum atomic E-state index is 5.88. The molecule has 0 aromatic heterocycles. The first kappa shape index (κ1) is 25.2. The fourth-order valence-corrected chi connectivity index (χ4v) is 3.62. The number of benzene rings is 3. The van der Waals surface area contributed by atoms with Crippen LogP contribution >= 0.6 is 0 Å². The molecule has 0 heterocycles. The van der Waals surface area contributed by atoms with Crippen molar-refractivity contribution >= 4 is 0 Å². The van der Waals surface area contributed by atoms with E-state index in [2.05, 4.69) is 61.8 Å². The second-order valence-corrected chi connectivity index (χ2v) is 8.79. The summed E-state index contributed by atoms with van der Waals surface area (Å²) in [4.78, 5) is 0. The van der Waals surface area contributed by atoms with Gasteiger partial charge in [-0.3, -0.25) is 0 Å². The SMILES string of the molecule is CCCCCCCCCCOc1ccc(C#Cc2ccc(C#Cc3ccc(C)cc3)cc2)cc1. The van der Waals surface area contributed by atoms with Gasteiger partial charge in [0, 0.05) is 22.3 Å².